The number of benzene rings is 2. The number of hydrogen-bond donors (Lipinski definition) is 0. The minimum absolute atomic E-state index is 0.121. The van der Waals surface area contributed by atoms with Crippen LogP contribution in [0.2, 0.25) is 0 Å². The van der Waals surface area contributed by atoms with Crippen LogP contribution in [0.15, 0.2) is 65.3 Å². The lowest BCUT2D eigenvalue weighted by molar-refractivity contribution is -0.142. The van der Waals surface area contributed by atoms with E-state index in [4.69, 9.17) is 9.15 Å². The quantitative estimate of drug-likeness (QED) is 0.359. The van der Waals surface area contributed by atoms with Crippen molar-refractivity contribution in [2.75, 3.05) is 19.1 Å². The van der Waals surface area contributed by atoms with E-state index in [1.54, 1.807) is 30.3 Å². The number of aromatic nitrogens is 2. The molecule has 4 aromatic rings. The van der Waals surface area contributed by atoms with Gasteiger partial charge < -0.3 is 14.1 Å². The van der Waals surface area contributed by atoms with Crippen LogP contribution in [0.3, 0.4) is 0 Å². The average molecular weight is 495 g/mol. The molecule has 36 heavy (non-hydrogen) atoms. The number of alkyl halides is 3. The molecular weight excluding hydrogens is 475 g/mol. The van der Waals surface area contributed by atoms with Gasteiger partial charge in [-0.2, -0.15) is 18.3 Å². The minimum Gasteiger partial charge on any atom is -0.469 e. The van der Waals surface area contributed by atoms with Crippen LogP contribution >= 0.6 is 0 Å². The molecule has 2 heterocycles. The van der Waals surface area contributed by atoms with E-state index >= 15 is 0 Å². The summed E-state index contributed by atoms with van der Waals surface area (Å²) in [4.78, 5) is 26.6. The Labute approximate surface area is 203 Å². The molecule has 0 fully saturated rings. The Morgan fingerprint density at radius 1 is 1.06 bits per heavy atom. The summed E-state index contributed by atoms with van der Waals surface area (Å²) in [6.45, 7) is 0. The summed E-state index contributed by atoms with van der Waals surface area (Å²) in [6, 6.07) is 14.3. The summed E-state index contributed by atoms with van der Waals surface area (Å²) in [6.07, 6.45) is -2.64. The van der Waals surface area contributed by atoms with Gasteiger partial charge in [-0.3, -0.25) is 4.79 Å². The first-order valence-electron chi connectivity index (χ1n) is 11.0. The van der Waals surface area contributed by atoms with Gasteiger partial charge in [-0.05, 0) is 48.9 Å². The number of rotatable bonds is 4. The number of carbonyl (C=O) groups is 2. The van der Waals surface area contributed by atoms with E-state index in [1.807, 2.05) is 0 Å². The van der Waals surface area contributed by atoms with Gasteiger partial charge in [0, 0.05) is 30.2 Å². The van der Waals surface area contributed by atoms with Gasteiger partial charge >= 0.3 is 12.1 Å². The van der Waals surface area contributed by atoms with Crippen molar-refractivity contribution < 1.29 is 31.9 Å². The van der Waals surface area contributed by atoms with Crippen molar-refractivity contribution in [2.24, 2.45) is 0 Å². The number of esters is 1. The summed E-state index contributed by atoms with van der Waals surface area (Å²) in [7, 11) is 2.78. The van der Waals surface area contributed by atoms with Crippen LogP contribution < -0.4 is 4.90 Å². The number of anilines is 1. The van der Waals surface area contributed by atoms with Crippen molar-refractivity contribution in [1.29, 1.82) is 0 Å². The van der Waals surface area contributed by atoms with Crippen LogP contribution in [0, 0.1) is 0 Å². The Morgan fingerprint density at radius 2 is 1.78 bits per heavy atom. The molecule has 0 bridgehead atoms. The van der Waals surface area contributed by atoms with Crippen molar-refractivity contribution >= 4 is 17.6 Å². The Balaban J connectivity index is 1.51. The molecule has 0 spiro atoms. The fourth-order valence-corrected chi connectivity index (χ4v) is 4.46. The van der Waals surface area contributed by atoms with Gasteiger partial charge in [0.1, 0.15) is 5.76 Å². The van der Waals surface area contributed by atoms with E-state index in [0.29, 0.717) is 34.8 Å². The first-order valence-corrected chi connectivity index (χ1v) is 11.0. The largest absolute Gasteiger partial charge is 0.469 e. The van der Waals surface area contributed by atoms with Crippen molar-refractivity contribution in [2.45, 2.75) is 19.0 Å². The molecule has 1 amide bonds. The zero-order valence-corrected chi connectivity index (χ0v) is 19.3. The number of hydrogen-bond acceptors (Lipinski definition) is 5. The fraction of sp³-hybridized carbons (Fsp3) is 0.192. The summed E-state index contributed by atoms with van der Waals surface area (Å²) in [5.74, 6) is -0.383. The second-order valence-corrected chi connectivity index (χ2v) is 8.26. The third-order valence-corrected chi connectivity index (χ3v) is 6.19. The molecule has 2 aromatic heterocycles. The first-order chi connectivity index (χ1) is 17.2. The normalized spacial score (nSPS) is 12.6. The lowest BCUT2D eigenvalue weighted by Crippen LogP contribution is -2.28. The average Bonchev–Trinajstić information content (AvgIpc) is 3.52. The molecule has 0 radical (unpaired) electrons. The van der Waals surface area contributed by atoms with Crippen molar-refractivity contribution in [1.82, 2.24) is 9.78 Å². The minimum atomic E-state index is -4.61. The summed E-state index contributed by atoms with van der Waals surface area (Å²) in [5.41, 5.74) is 1.33. The van der Waals surface area contributed by atoms with Crippen LogP contribution in [-0.4, -0.2) is 35.8 Å². The maximum Gasteiger partial charge on any atom is 0.435 e. The number of para-hydroxylation sites is 1. The molecule has 0 N–H and O–H groups in total. The maximum absolute atomic E-state index is 13.8. The predicted octanol–water partition coefficient (Wildman–Crippen LogP) is 5.31. The highest BCUT2D eigenvalue weighted by atomic mass is 19.4. The highest BCUT2D eigenvalue weighted by Crippen LogP contribution is 2.42. The molecular formula is C26H20F3N3O4. The second kappa shape index (κ2) is 8.71. The number of nitrogens with zero attached hydrogens (tertiary/aromatic N) is 3. The number of halogens is 3. The molecule has 1 aliphatic carbocycles. The molecule has 5 rings (SSSR count). The third kappa shape index (κ3) is 3.84. The summed E-state index contributed by atoms with van der Waals surface area (Å²) >= 11 is 0. The van der Waals surface area contributed by atoms with Gasteiger partial charge in [-0.15, -0.1) is 0 Å². The molecule has 0 unspecified atom stereocenters. The molecule has 7 nitrogen and oxygen atoms in total. The Bertz CT molecular complexity index is 1470. The molecule has 0 aliphatic heterocycles. The topological polar surface area (TPSA) is 77.6 Å². The van der Waals surface area contributed by atoms with Gasteiger partial charge in [-0.1, -0.05) is 12.1 Å². The van der Waals surface area contributed by atoms with Gasteiger partial charge in [-0.25, -0.2) is 9.48 Å². The van der Waals surface area contributed by atoms with Crippen LogP contribution in [-0.2, 0) is 23.8 Å². The van der Waals surface area contributed by atoms with Crippen LogP contribution in [0.4, 0.5) is 18.9 Å². The first kappa shape index (κ1) is 23.4. The monoisotopic (exact) mass is 495 g/mol. The molecule has 184 valence electrons. The van der Waals surface area contributed by atoms with Crippen LogP contribution in [0.5, 0.6) is 0 Å². The van der Waals surface area contributed by atoms with E-state index < -0.39 is 23.7 Å². The van der Waals surface area contributed by atoms with E-state index in [0.717, 1.165) is 0 Å². The summed E-state index contributed by atoms with van der Waals surface area (Å²) < 4.78 is 52.8. The van der Waals surface area contributed by atoms with Gasteiger partial charge in [0.05, 0.1) is 36.0 Å². The standard InChI is InChI=1S/C26H20F3N3O4/c1-31(20-6-4-3-5-17(20)25(34)35-2)24(33)15-7-9-16(10-8-15)32-22-18-13-14-36-21(18)12-11-19(22)23(30-32)26(27,28)29/h3-10,13-14H,11-12H2,1-2H3. The smallest absolute Gasteiger partial charge is 0.435 e. The number of carbonyl (C=O) groups excluding carboxylic acids is 2. The van der Waals surface area contributed by atoms with Crippen molar-refractivity contribution in [3.63, 3.8) is 0 Å². The van der Waals surface area contributed by atoms with Gasteiger partial charge in [0.15, 0.2) is 5.69 Å². The number of ether oxygens (including phenoxy) is 1. The fourth-order valence-electron chi connectivity index (χ4n) is 4.46. The van der Waals surface area contributed by atoms with Gasteiger partial charge in [0.25, 0.3) is 5.91 Å². The molecule has 10 heteroatoms. The molecule has 0 atom stereocenters. The molecule has 0 saturated carbocycles. The Kier molecular flexibility index (Phi) is 5.66. The molecule has 0 saturated heterocycles. The number of amides is 1. The zero-order chi connectivity index (χ0) is 25.6. The number of methoxy groups -OCH3 is 1. The SMILES string of the molecule is COC(=O)c1ccccc1N(C)C(=O)c1ccc(-n2nc(C(F)(F)F)c3c2-c2ccoc2CC3)cc1. The summed E-state index contributed by atoms with van der Waals surface area (Å²) in [5, 5.41) is 3.91. The van der Waals surface area contributed by atoms with Gasteiger partial charge in [0.2, 0.25) is 0 Å². The van der Waals surface area contributed by atoms with E-state index in [9.17, 15) is 22.8 Å². The Hall–Kier alpha value is -4.34. The van der Waals surface area contributed by atoms with E-state index in [1.165, 1.54) is 54.3 Å². The number of furan rings is 1. The predicted molar refractivity (Wildman–Crippen MR) is 124 cm³/mol. The Morgan fingerprint density at radius 3 is 2.47 bits per heavy atom. The molecule has 1 aliphatic rings. The van der Waals surface area contributed by atoms with Crippen molar-refractivity contribution in [3.05, 3.63) is 89.0 Å². The second-order valence-electron chi connectivity index (χ2n) is 8.26. The lowest BCUT2D eigenvalue weighted by atomic mass is 9.94. The zero-order valence-electron chi connectivity index (χ0n) is 19.3. The van der Waals surface area contributed by atoms with Crippen LogP contribution in [0.25, 0.3) is 16.9 Å². The third-order valence-electron chi connectivity index (χ3n) is 6.19. The highest BCUT2D eigenvalue weighted by molar-refractivity contribution is 6.09. The number of aryl methyl sites for hydroxylation is 1. The van der Waals surface area contributed by atoms with E-state index in [-0.39, 0.29) is 23.1 Å². The van der Waals surface area contributed by atoms with Crippen molar-refractivity contribution in [3.8, 4) is 16.9 Å². The number of fused-ring (bicyclic) bond motifs is 3. The maximum atomic E-state index is 13.8. The highest BCUT2D eigenvalue weighted by Gasteiger charge is 2.41. The molecule has 2 aromatic carbocycles. The lowest BCUT2D eigenvalue weighted by Gasteiger charge is -2.20. The van der Waals surface area contributed by atoms with E-state index in [2.05, 4.69) is 5.10 Å². The van der Waals surface area contributed by atoms with Crippen LogP contribution in [0.1, 0.15) is 37.7 Å².